The van der Waals surface area contributed by atoms with Crippen molar-refractivity contribution in [1.82, 2.24) is 10.6 Å². The molecule has 2 atom stereocenters. The molecule has 7 nitrogen and oxygen atoms in total. The lowest BCUT2D eigenvalue weighted by Crippen LogP contribution is -2.48. The van der Waals surface area contributed by atoms with E-state index in [0.29, 0.717) is 6.42 Å². The lowest BCUT2D eigenvalue weighted by Gasteiger charge is -2.23. The topological polar surface area (TPSA) is 116 Å². The third-order valence-corrected chi connectivity index (χ3v) is 2.67. The molecular weight excluding hydrogens is 228 g/mol. The third-order valence-electron chi connectivity index (χ3n) is 2.67. The maximum absolute atomic E-state index is 11.7. The Bertz CT molecular complexity index is 308. The van der Waals surface area contributed by atoms with Gasteiger partial charge < -0.3 is 20.8 Å². The lowest BCUT2D eigenvalue weighted by atomic mass is 9.98. The maximum Gasteiger partial charge on any atom is 0.326 e. The molecule has 0 aromatic rings. The first-order valence-corrected chi connectivity index (χ1v) is 5.45. The quantitative estimate of drug-likeness (QED) is 0.468. The summed E-state index contributed by atoms with van der Waals surface area (Å²) in [7, 11) is 0. The Balaban J connectivity index is 2.46. The van der Waals surface area contributed by atoms with E-state index < -0.39 is 23.8 Å². The summed E-state index contributed by atoms with van der Waals surface area (Å²) in [6.07, 6.45) is 0.666. The molecule has 4 N–H and O–H groups in total. The van der Waals surface area contributed by atoms with Gasteiger partial charge in [-0.05, 0) is 6.42 Å². The van der Waals surface area contributed by atoms with Crippen LogP contribution in [0.1, 0.15) is 19.3 Å². The van der Waals surface area contributed by atoms with E-state index in [9.17, 15) is 14.4 Å². The van der Waals surface area contributed by atoms with Gasteiger partial charge >= 0.3 is 5.97 Å². The van der Waals surface area contributed by atoms with Gasteiger partial charge in [0, 0.05) is 26.0 Å². The van der Waals surface area contributed by atoms with Gasteiger partial charge in [-0.3, -0.25) is 9.59 Å². The molecule has 0 aromatic carbocycles. The fraction of sp³-hybridized carbons (Fsp3) is 0.700. The van der Waals surface area contributed by atoms with Crippen LogP contribution < -0.4 is 10.6 Å². The highest BCUT2D eigenvalue weighted by Crippen LogP contribution is 2.11. The van der Waals surface area contributed by atoms with Gasteiger partial charge in [0.05, 0.1) is 5.92 Å². The molecule has 17 heavy (non-hydrogen) atoms. The number of amides is 2. The van der Waals surface area contributed by atoms with E-state index in [2.05, 4.69) is 10.6 Å². The first-order valence-electron chi connectivity index (χ1n) is 5.45. The highest BCUT2D eigenvalue weighted by molar-refractivity contribution is 5.87. The standard InChI is InChI=1S/C10H16N2O5/c13-4-3-7(10(16)17)12-9(15)6-1-2-8(14)11-5-6/h6-7,13H,1-5H2,(H,11,14)(H,12,15)(H,16,17)/t6?,7-/m0/s1. The summed E-state index contributed by atoms with van der Waals surface area (Å²) >= 11 is 0. The van der Waals surface area contributed by atoms with Gasteiger partial charge in [-0.15, -0.1) is 0 Å². The van der Waals surface area contributed by atoms with Crippen molar-refractivity contribution in [2.24, 2.45) is 5.92 Å². The average Bonchev–Trinajstić information content (AvgIpc) is 2.29. The molecule has 1 aliphatic heterocycles. The van der Waals surface area contributed by atoms with Crippen molar-refractivity contribution in [3.8, 4) is 0 Å². The van der Waals surface area contributed by atoms with Gasteiger partial charge in [-0.25, -0.2) is 4.79 Å². The molecule has 0 aromatic heterocycles. The second-order valence-corrected chi connectivity index (χ2v) is 3.95. The van der Waals surface area contributed by atoms with Crippen molar-refractivity contribution in [3.63, 3.8) is 0 Å². The smallest absolute Gasteiger partial charge is 0.326 e. The van der Waals surface area contributed by atoms with Crippen LogP contribution in [0, 0.1) is 5.92 Å². The normalized spacial score (nSPS) is 21.5. The molecule has 0 aliphatic carbocycles. The molecule has 1 aliphatic rings. The second kappa shape index (κ2) is 6.19. The summed E-state index contributed by atoms with van der Waals surface area (Å²) in [5.41, 5.74) is 0. The molecule has 96 valence electrons. The first kappa shape index (κ1) is 13.4. The zero-order chi connectivity index (χ0) is 12.8. The van der Waals surface area contributed by atoms with Crippen LogP contribution in [0.3, 0.4) is 0 Å². The van der Waals surface area contributed by atoms with Gasteiger partial charge in [0.1, 0.15) is 6.04 Å². The predicted octanol–water partition coefficient (Wildman–Crippen LogP) is -1.54. The van der Waals surface area contributed by atoms with Gasteiger partial charge in [-0.2, -0.15) is 0 Å². The Labute approximate surface area is 98.2 Å². The minimum absolute atomic E-state index is 0.0276. The van der Waals surface area contributed by atoms with Crippen LogP contribution in [0.15, 0.2) is 0 Å². The molecule has 1 rings (SSSR count). The molecule has 0 radical (unpaired) electrons. The van der Waals surface area contributed by atoms with Crippen LogP contribution in [0.4, 0.5) is 0 Å². The number of aliphatic carboxylic acids is 1. The second-order valence-electron chi connectivity index (χ2n) is 3.95. The summed E-state index contributed by atoms with van der Waals surface area (Å²) in [6.45, 7) is -0.0746. The summed E-state index contributed by atoms with van der Waals surface area (Å²) < 4.78 is 0. The fourth-order valence-electron chi connectivity index (χ4n) is 1.63. The Kier molecular flexibility index (Phi) is 4.89. The van der Waals surface area contributed by atoms with E-state index in [1.165, 1.54) is 0 Å². The van der Waals surface area contributed by atoms with Gasteiger partial charge in [0.25, 0.3) is 0 Å². The van der Waals surface area contributed by atoms with E-state index in [4.69, 9.17) is 10.2 Å². The Hall–Kier alpha value is -1.63. The summed E-state index contributed by atoms with van der Waals surface area (Å²) in [5, 5.41) is 22.4. The van der Waals surface area contributed by atoms with E-state index in [0.717, 1.165) is 0 Å². The van der Waals surface area contributed by atoms with Gasteiger partial charge in [0.15, 0.2) is 0 Å². The van der Waals surface area contributed by atoms with Crippen molar-refractivity contribution < 1.29 is 24.6 Å². The molecule has 1 saturated heterocycles. The van der Waals surface area contributed by atoms with Crippen LogP contribution in [-0.4, -0.2) is 47.2 Å². The van der Waals surface area contributed by atoms with Crippen molar-refractivity contribution in [2.75, 3.05) is 13.2 Å². The van der Waals surface area contributed by atoms with E-state index in [-0.39, 0.29) is 31.9 Å². The van der Waals surface area contributed by atoms with E-state index in [1.807, 2.05) is 0 Å². The van der Waals surface area contributed by atoms with Crippen LogP contribution in [0.5, 0.6) is 0 Å². The number of carbonyl (C=O) groups excluding carboxylic acids is 2. The average molecular weight is 244 g/mol. The van der Waals surface area contributed by atoms with Crippen molar-refractivity contribution in [1.29, 1.82) is 0 Å². The van der Waals surface area contributed by atoms with Gasteiger partial charge in [-0.1, -0.05) is 0 Å². The van der Waals surface area contributed by atoms with Crippen LogP contribution in [0.2, 0.25) is 0 Å². The molecular formula is C10H16N2O5. The number of hydrogen-bond acceptors (Lipinski definition) is 4. The van der Waals surface area contributed by atoms with E-state index in [1.54, 1.807) is 0 Å². The predicted molar refractivity (Wildman–Crippen MR) is 57.0 cm³/mol. The number of carbonyl (C=O) groups is 3. The number of hydrogen-bond donors (Lipinski definition) is 4. The Morgan fingerprint density at radius 3 is 2.71 bits per heavy atom. The Morgan fingerprint density at radius 1 is 1.53 bits per heavy atom. The molecule has 2 amide bonds. The molecule has 0 saturated carbocycles. The molecule has 0 spiro atoms. The minimum Gasteiger partial charge on any atom is -0.480 e. The highest BCUT2D eigenvalue weighted by atomic mass is 16.4. The van der Waals surface area contributed by atoms with Gasteiger partial charge in [0.2, 0.25) is 11.8 Å². The lowest BCUT2D eigenvalue weighted by molar-refractivity contribution is -0.143. The molecule has 1 heterocycles. The molecule has 0 bridgehead atoms. The monoisotopic (exact) mass is 244 g/mol. The number of carboxylic acids is 1. The zero-order valence-electron chi connectivity index (χ0n) is 9.31. The number of piperidine rings is 1. The summed E-state index contributed by atoms with van der Waals surface area (Å²) in [5.74, 6) is -2.06. The van der Waals surface area contributed by atoms with Crippen molar-refractivity contribution in [2.45, 2.75) is 25.3 Å². The maximum atomic E-state index is 11.7. The SMILES string of the molecule is O=C1CCC(C(=O)N[C@@H](CCO)C(=O)O)CN1. The van der Waals surface area contributed by atoms with Crippen molar-refractivity contribution >= 4 is 17.8 Å². The Morgan fingerprint density at radius 2 is 2.24 bits per heavy atom. The summed E-state index contributed by atoms with van der Waals surface area (Å²) in [4.78, 5) is 33.3. The third kappa shape index (κ3) is 4.03. The molecule has 1 fully saturated rings. The largest absolute Gasteiger partial charge is 0.480 e. The fourth-order valence-corrected chi connectivity index (χ4v) is 1.63. The first-order chi connectivity index (χ1) is 8.04. The summed E-state index contributed by atoms with van der Waals surface area (Å²) in [6, 6.07) is -1.08. The number of nitrogens with one attached hydrogen (secondary N) is 2. The number of rotatable bonds is 5. The van der Waals surface area contributed by atoms with E-state index >= 15 is 0 Å². The highest BCUT2D eigenvalue weighted by Gasteiger charge is 2.27. The number of aliphatic hydroxyl groups excluding tert-OH is 1. The van der Waals surface area contributed by atoms with Crippen molar-refractivity contribution in [3.05, 3.63) is 0 Å². The van der Waals surface area contributed by atoms with Crippen LogP contribution in [0.25, 0.3) is 0 Å². The number of carboxylic acid groups (broad SMARTS) is 1. The molecule has 7 heteroatoms. The minimum atomic E-state index is -1.17. The molecule has 1 unspecified atom stereocenters. The van der Waals surface area contributed by atoms with Crippen LogP contribution >= 0.6 is 0 Å². The van der Waals surface area contributed by atoms with Crippen LogP contribution in [-0.2, 0) is 14.4 Å². The zero-order valence-corrected chi connectivity index (χ0v) is 9.31. The number of aliphatic hydroxyl groups is 1.